The van der Waals surface area contributed by atoms with Crippen molar-refractivity contribution in [2.45, 2.75) is 33.1 Å². The van der Waals surface area contributed by atoms with Gasteiger partial charge in [-0.2, -0.15) is 9.97 Å². The number of hydrogen-bond donors (Lipinski definition) is 1. The lowest BCUT2D eigenvalue weighted by Crippen LogP contribution is -2.15. The molecule has 120 valence electrons. The summed E-state index contributed by atoms with van der Waals surface area (Å²) in [5.74, 6) is 1.67. The summed E-state index contributed by atoms with van der Waals surface area (Å²) in [6.07, 6.45) is 12.9. The van der Waals surface area contributed by atoms with Gasteiger partial charge in [-0.1, -0.05) is 26.3 Å². The number of aromatic hydroxyl groups is 1. The number of allylic oxidation sites excluding steroid dienone is 3. The predicted molar refractivity (Wildman–Crippen MR) is 89.0 cm³/mol. The molecule has 3 rings (SSSR count). The Morgan fingerprint density at radius 3 is 2.87 bits per heavy atom. The first kappa shape index (κ1) is 15.5. The normalized spacial score (nSPS) is 20.5. The van der Waals surface area contributed by atoms with Crippen LogP contribution in [0.5, 0.6) is 11.9 Å². The fourth-order valence-electron chi connectivity index (χ4n) is 2.98. The Labute approximate surface area is 135 Å². The third-order valence-corrected chi connectivity index (χ3v) is 4.20. The lowest BCUT2D eigenvalue weighted by molar-refractivity contribution is 0.359. The second-order valence-electron chi connectivity index (χ2n) is 5.78. The van der Waals surface area contributed by atoms with Crippen molar-refractivity contribution in [3.8, 4) is 11.9 Å². The van der Waals surface area contributed by atoms with Crippen LogP contribution in [0.15, 0.2) is 42.4 Å². The van der Waals surface area contributed by atoms with Crippen molar-refractivity contribution in [3.63, 3.8) is 0 Å². The van der Waals surface area contributed by atoms with Crippen LogP contribution in [-0.2, 0) is 0 Å². The van der Waals surface area contributed by atoms with Crippen LogP contribution in [0.4, 0.5) is 0 Å². The van der Waals surface area contributed by atoms with E-state index in [-0.39, 0.29) is 11.9 Å². The summed E-state index contributed by atoms with van der Waals surface area (Å²) in [7, 11) is 0. The van der Waals surface area contributed by atoms with Gasteiger partial charge in [0.05, 0.1) is 17.1 Å². The molecule has 2 aromatic rings. The van der Waals surface area contributed by atoms with E-state index in [1.165, 1.54) is 0 Å². The number of fused-ring (bicyclic) bond motifs is 1. The van der Waals surface area contributed by atoms with E-state index < -0.39 is 0 Å². The van der Waals surface area contributed by atoms with Gasteiger partial charge in [0, 0.05) is 6.20 Å². The molecule has 1 N–H and O–H groups in total. The van der Waals surface area contributed by atoms with Crippen LogP contribution >= 0.6 is 0 Å². The molecule has 0 bridgehead atoms. The van der Waals surface area contributed by atoms with Gasteiger partial charge in [-0.25, -0.2) is 0 Å². The summed E-state index contributed by atoms with van der Waals surface area (Å²) in [6.45, 7) is 4.39. The molecule has 5 nitrogen and oxygen atoms in total. The number of ether oxygens (including phenoxy) is 1. The largest absolute Gasteiger partial charge is 0.493 e. The summed E-state index contributed by atoms with van der Waals surface area (Å²) < 4.78 is 5.78. The van der Waals surface area contributed by atoms with Crippen LogP contribution in [-0.4, -0.2) is 20.1 Å². The quantitative estimate of drug-likeness (QED) is 0.903. The smallest absolute Gasteiger partial charge is 0.325 e. The van der Waals surface area contributed by atoms with E-state index in [4.69, 9.17) is 4.74 Å². The third-order valence-electron chi connectivity index (χ3n) is 4.20. The van der Waals surface area contributed by atoms with Crippen LogP contribution in [0.25, 0.3) is 10.9 Å². The van der Waals surface area contributed by atoms with Gasteiger partial charge in [0.25, 0.3) is 0 Å². The zero-order valence-corrected chi connectivity index (χ0v) is 13.4. The van der Waals surface area contributed by atoms with Gasteiger partial charge in [0.1, 0.15) is 5.76 Å². The van der Waals surface area contributed by atoms with Crippen LogP contribution < -0.4 is 4.74 Å². The predicted octanol–water partition coefficient (Wildman–Crippen LogP) is 4.01. The summed E-state index contributed by atoms with van der Waals surface area (Å²) in [5.41, 5.74) is 0.562. The standard InChI is InChI=1S/C18H21N3O2/c1-3-5-13-10-14(7-6-12(13)4-2)23-18-20-16-11-19-9-8-15(16)17(22)21-18/h6-13H,3-5H2,1-2H3,(H,20,21,22). The molecule has 2 atom stereocenters. The highest BCUT2D eigenvalue weighted by atomic mass is 16.5. The molecule has 1 aliphatic carbocycles. The minimum absolute atomic E-state index is 0.0932. The molecule has 0 saturated carbocycles. The molecular weight excluding hydrogens is 290 g/mol. The molecule has 0 aromatic carbocycles. The number of hydrogen-bond acceptors (Lipinski definition) is 5. The van der Waals surface area contributed by atoms with Crippen molar-refractivity contribution in [1.82, 2.24) is 15.0 Å². The summed E-state index contributed by atoms with van der Waals surface area (Å²) in [4.78, 5) is 12.3. The minimum atomic E-state index is -0.0932. The topological polar surface area (TPSA) is 68.1 Å². The van der Waals surface area contributed by atoms with Crippen molar-refractivity contribution in [2.75, 3.05) is 0 Å². The Bertz CT molecular complexity index is 755. The SMILES string of the molecule is CCCC1C=C(Oc2nc(O)c3ccncc3n2)C=CC1CC. The van der Waals surface area contributed by atoms with Crippen molar-refractivity contribution in [3.05, 3.63) is 42.4 Å². The molecule has 0 spiro atoms. The maximum absolute atomic E-state index is 10.0. The Kier molecular flexibility index (Phi) is 4.55. The van der Waals surface area contributed by atoms with Crippen LogP contribution in [0, 0.1) is 11.8 Å². The van der Waals surface area contributed by atoms with Crippen molar-refractivity contribution < 1.29 is 9.84 Å². The molecule has 2 unspecified atom stereocenters. The van der Waals surface area contributed by atoms with E-state index in [1.807, 2.05) is 6.08 Å². The van der Waals surface area contributed by atoms with Crippen LogP contribution in [0.2, 0.25) is 0 Å². The number of rotatable bonds is 5. The highest BCUT2D eigenvalue weighted by molar-refractivity contribution is 5.82. The van der Waals surface area contributed by atoms with E-state index in [2.05, 4.69) is 41.0 Å². The summed E-state index contributed by atoms with van der Waals surface area (Å²) in [5, 5.41) is 10.6. The second-order valence-corrected chi connectivity index (χ2v) is 5.78. The maximum atomic E-state index is 10.0. The third kappa shape index (κ3) is 3.33. The van der Waals surface area contributed by atoms with E-state index in [9.17, 15) is 5.11 Å². The van der Waals surface area contributed by atoms with Crippen LogP contribution in [0.1, 0.15) is 33.1 Å². The minimum Gasteiger partial charge on any atom is -0.493 e. The molecule has 1 aliphatic rings. The molecule has 0 saturated heterocycles. The summed E-state index contributed by atoms with van der Waals surface area (Å²) >= 11 is 0. The highest BCUT2D eigenvalue weighted by Crippen LogP contribution is 2.30. The lowest BCUT2D eigenvalue weighted by atomic mass is 9.83. The summed E-state index contributed by atoms with van der Waals surface area (Å²) in [6, 6.07) is 1.82. The van der Waals surface area contributed by atoms with Crippen molar-refractivity contribution >= 4 is 10.9 Å². The molecule has 2 aromatic heterocycles. The lowest BCUT2D eigenvalue weighted by Gasteiger charge is -2.24. The van der Waals surface area contributed by atoms with Crippen molar-refractivity contribution in [2.24, 2.45) is 11.8 Å². The fourth-order valence-corrected chi connectivity index (χ4v) is 2.98. The van der Waals surface area contributed by atoms with Gasteiger partial charge in [0.2, 0.25) is 5.88 Å². The highest BCUT2D eigenvalue weighted by Gasteiger charge is 2.20. The van der Waals surface area contributed by atoms with E-state index in [0.717, 1.165) is 25.0 Å². The number of aromatic nitrogens is 3. The van der Waals surface area contributed by atoms with E-state index >= 15 is 0 Å². The molecule has 5 heteroatoms. The van der Waals surface area contributed by atoms with Crippen molar-refractivity contribution in [1.29, 1.82) is 0 Å². The van der Waals surface area contributed by atoms with Gasteiger partial charge in [-0.15, -0.1) is 0 Å². The van der Waals surface area contributed by atoms with Gasteiger partial charge >= 0.3 is 6.01 Å². The molecule has 0 amide bonds. The Balaban J connectivity index is 1.85. The average molecular weight is 311 g/mol. The maximum Gasteiger partial charge on any atom is 0.325 e. The average Bonchev–Trinajstić information content (AvgIpc) is 2.55. The van der Waals surface area contributed by atoms with Gasteiger partial charge < -0.3 is 9.84 Å². The van der Waals surface area contributed by atoms with Gasteiger partial charge in [-0.05, 0) is 42.9 Å². The van der Waals surface area contributed by atoms with Gasteiger partial charge in [-0.3, -0.25) is 4.98 Å². The zero-order valence-electron chi connectivity index (χ0n) is 13.4. The monoisotopic (exact) mass is 311 g/mol. The molecule has 0 fully saturated rings. The van der Waals surface area contributed by atoms with E-state index in [1.54, 1.807) is 18.5 Å². The van der Waals surface area contributed by atoms with E-state index in [0.29, 0.717) is 22.7 Å². The second kappa shape index (κ2) is 6.77. The Hall–Kier alpha value is -2.43. The zero-order chi connectivity index (χ0) is 16.2. The number of pyridine rings is 1. The first-order valence-corrected chi connectivity index (χ1v) is 8.09. The molecule has 0 aliphatic heterocycles. The molecular formula is C18H21N3O2. The molecule has 23 heavy (non-hydrogen) atoms. The Morgan fingerprint density at radius 2 is 2.09 bits per heavy atom. The van der Waals surface area contributed by atoms with Crippen LogP contribution in [0.3, 0.4) is 0 Å². The number of nitrogens with zero attached hydrogens (tertiary/aromatic N) is 3. The molecule has 0 radical (unpaired) electrons. The van der Waals surface area contributed by atoms with Gasteiger partial charge in [0.15, 0.2) is 0 Å². The first-order valence-electron chi connectivity index (χ1n) is 8.09. The molecule has 2 heterocycles. The first-order chi connectivity index (χ1) is 11.2. The fraction of sp³-hybridized carbons (Fsp3) is 0.389. The Morgan fingerprint density at radius 1 is 1.22 bits per heavy atom.